The number of fused-ring (bicyclic) bond motifs is 1. The first-order valence-electron chi connectivity index (χ1n) is 5.58. The average molecular weight is 227 g/mol. The van der Waals surface area contributed by atoms with Crippen LogP contribution in [-0.2, 0) is 6.42 Å². The number of pyridine rings is 1. The third-order valence-corrected chi connectivity index (χ3v) is 2.65. The van der Waals surface area contributed by atoms with Crippen LogP contribution in [0.2, 0.25) is 0 Å². The molecule has 0 fully saturated rings. The lowest BCUT2D eigenvalue weighted by Crippen LogP contribution is -2.08. The molecule has 0 aliphatic carbocycles. The smallest absolute Gasteiger partial charge is 0.138 e. The maximum atomic E-state index is 4.24. The second-order valence-corrected chi connectivity index (χ2v) is 3.78. The lowest BCUT2D eigenvalue weighted by molar-refractivity contribution is 0.917. The Morgan fingerprint density at radius 3 is 3.12 bits per heavy atom. The van der Waals surface area contributed by atoms with E-state index in [-0.39, 0.29) is 0 Å². The van der Waals surface area contributed by atoms with Gasteiger partial charge in [0.05, 0.1) is 0 Å². The fourth-order valence-electron chi connectivity index (χ4n) is 1.84. The lowest BCUT2D eigenvalue weighted by Gasteiger charge is -2.07. The molecule has 17 heavy (non-hydrogen) atoms. The molecule has 3 aromatic rings. The molecule has 0 radical (unpaired) electrons. The third-order valence-electron chi connectivity index (χ3n) is 2.65. The quantitative estimate of drug-likeness (QED) is 0.713. The third kappa shape index (κ3) is 1.99. The van der Waals surface area contributed by atoms with Crippen molar-refractivity contribution < 1.29 is 0 Å². The largest absolute Gasteiger partial charge is 0.371 e. The predicted molar refractivity (Wildman–Crippen MR) is 66.0 cm³/mol. The average Bonchev–Trinajstić information content (AvgIpc) is 2.99. The highest BCUT2D eigenvalue weighted by molar-refractivity contribution is 5.49. The van der Waals surface area contributed by atoms with Gasteiger partial charge in [-0.2, -0.15) is 0 Å². The van der Waals surface area contributed by atoms with Crippen molar-refractivity contribution in [2.45, 2.75) is 6.42 Å². The summed E-state index contributed by atoms with van der Waals surface area (Å²) in [5.41, 5.74) is 0.952. The molecule has 0 saturated heterocycles. The number of nitrogens with zero attached hydrogens (tertiary/aromatic N) is 3. The van der Waals surface area contributed by atoms with E-state index < -0.39 is 0 Å². The first kappa shape index (κ1) is 9.89. The van der Waals surface area contributed by atoms with Gasteiger partial charge < -0.3 is 10.3 Å². The molecular formula is C12H13N5. The van der Waals surface area contributed by atoms with Gasteiger partial charge in [0, 0.05) is 37.8 Å². The maximum Gasteiger partial charge on any atom is 0.138 e. The Morgan fingerprint density at radius 2 is 2.24 bits per heavy atom. The van der Waals surface area contributed by atoms with Crippen LogP contribution >= 0.6 is 0 Å². The minimum absolute atomic E-state index is 0.838. The van der Waals surface area contributed by atoms with Gasteiger partial charge in [-0.3, -0.25) is 4.40 Å². The molecule has 0 amide bonds. The van der Waals surface area contributed by atoms with Crippen LogP contribution in [0, 0.1) is 0 Å². The molecule has 3 rings (SSSR count). The molecule has 3 heterocycles. The monoisotopic (exact) mass is 227 g/mol. The normalized spacial score (nSPS) is 10.8. The molecular weight excluding hydrogens is 214 g/mol. The van der Waals surface area contributed by atoms with E-state index >= 15 is 0 Å². The minimum atomic E-state index is 0.838. The molecule has 5 nitrogen and oxygen atoms in total. The van der Waals surface area contributed by atoms with Crippen molar-refractivity contribution in [3.05, 3.63) is 48.8 Å². The molecule has 5 heteroatoms. The van der Waals surface area contributed by atoms with Crippen molar-refractivity contribution in [3.63, 3.8) is 0 Å². The summed E-state index contributed by atoms with van der Waals surface area (Å²) in [5, 5.41) is 3.38. The van der Waals surface area contributed by atoms with Crippen LogP contribution in [0.3, 0.4) is 0 Å². The first-order valence-corrected chi connectivity index (χ1v) is 5.58. The SMILES string of the molecule is c1cc(NCCc2ncc[nH]2)n2ccnc2c1. The Morgan fingerprint density at radius 1 is 1.24 bits per heavy atom. The van der Waals surface area contributed by atoms with Gasteiger partial charge in [0.2, 0.25) is 0 Å². The zero-order valence-electron chi connectivity index (χ0n) is 9.30. The van der Waals surface area contributed by atoms with Gasteiger partial charge in [-0.1, -0.05) is 6.07 Å². The van der Waals surface area contributed by atoms with Crippen molar-refractivity contribution in [1.29, 1.82) is 0 Å². The summed E-state index contributed by atoms with van der Waals surface area (Å²) in [7, 11) is 0. The zero-order valence-corrected chi connectivity index (χ0v) is 9.30. The van der Waals surface area contributed by atoms with E-state index in [0.717, 1.165) is 30.3 Å². The van der Waals surface area contributed by atoms with E-state index in [9.17, 15) is 0 Å². The van der Waals surface area contributed by atoms with E-state index in [2.05, 4.69) is 20.3 Å². The number of rotatable bonds is 4. The molecule has 0 aromatic carbocycles. The summed E-state index contributed by atoms with van der Waals surface area (Å²) >= 11 is 0. The number of anilines is 1. The van der Waals surface area contributed by atoms with Crippen LogP contribution in [0.15, 0.2) is 43.0 Å². The van der Waals surface area contributed by atoms with Gasteiger partial charge in [-0.15, -0.1) is 0 Å². The van der Waals surface area contributed by atoms with Crippen LogP contribution < -0.4 is 5.32 Å². The second-order valence-electron chi connectivity index (χ2n) is 3.78. The maximum absolute atomic E-state index is 4.24. The number of hydrogen-bond acceptors (Lipinski definition) is 3. The standard InChI is InChI=1S/C12H13N5/c1-2-11(17-9-8-16-12(17)3-1)15-5-4-10-13-6-7-14-10/h1-3,6-9,15H,4-5H2,(H,13,14). The van der Waals surface area contributed by atoms with E-state index in [4.69, 9.17) is 0 Å². The highest BCUT2D eigenvalue weighted by atomic mass is 15.1. The highest BCUT2D eigenvalue weighted by Gasteiger charge is 2.00. The van der Waals surface area contributed by atoms with Gasteiger partial charge in [0.15, 0.2) is 0 Å². The summed E-state index contributed by atoms with van der Waals surface area (Å²) in [6, 6.07) is 6.02. The van der Waals surface area contributed by atoms with Gasteiger partial charge >= 0.3 is 0 Å². The Kier molecular flexibility index (Phi) is 2.50. The number of H-pyrrole nitrogens is 1. The summed E-state index contributed by atoms with van der Waals surface area (Å²) in [5.74, 6) is 2.04. The van der Waals surface area contributed by atoms with Crippen LogP contribution in [0.4, 0.5) is 5.82 Å². The molecule has 0 aliphatic heterocycles. The molecule has 0 bridgehead atoms. The van der Waals surface area contributed by atoms with Crippen molar-refractivity contribution >= 4 is 11.5 Å². The first-order chi connectivity index (χ1) is 8.43. The van der Waals surface area contributed by atoms with E-state index in [1.54, 1.807) is 12.4 Å². The molecule has 2 N–H and O–H groups in total. The Balaban J connectivity index is 1.70. The van der Waals surface area contributed by atoms with Crippen LogP contribution in [0.25, 0.3) is 5.65 Å². The Bertz CT molecular complexity index is 596. The van der Waals surface area contributed by atoms with E-state index in [1.807, 2.05) is 35.0 Å². The van der Waals surface area contributed by atoms with E-state index in [1.165, 1.54) is 0 Å². The van der Waals surface area contributed by atoms with Crippen molar-refractivity contribution in [3.8, 4) is 0 Å². The minimum Gasteiger partial charge on any atom is -0.371 e. The molecule has 0 saturated carbocycles. The number of nitrogens with one attached hydrogen (secondary N) is 2. The molecule has 0 unspecified atom stereocenters. The number of aromatic amines is 1. The predicted octanol–water partition coefficient (Wildman–Crippen LogP) is 1.71. The topological polar surface area (TPSA) is 58.0 Å². The molecule has 86 valence electrons. The van der Waals surface area contributed by atoms with Crippen LogP contribution in [0.5, 0.6) is 0 Å². The lowest BCUT2D eigenvalue weighted by atomic mass is 10.4. The fraction of sp³-hybridized carbons (Fsp3) is 0.167. The van der Waals surface area contributed by atoms with E-state index in [0.29, 0.717) is 0 Å². The fourth-order valence-corrected chi connectivity index (χ4v) is 1.84. The van der Waals surface area contributed by atoms with Gasteiger partial charge in [-0.05, 0) is 12.1 Å². The molecule has 0 spiro atoms. The number of imidazole rings is 2. The van der Waals surface area contributed by atoms with Crippen molar-refractivity contribution in [2.24, 2.45) is 0 Å². The summed E-state index contributed by atoms with van der Waals surface area (Å²) < 4.78 is 2.03. The Hall–Kier alpha value is -2.30. The summed E-state index contributed by atoms with van der Waals surface area (Å²) in [6.07, 6.45) is 8.23. The number of hydrogen-bond donors (Lipinski definition) is 2. The van der Waals surface area contributed by atoms with Crippen LogP contribution in [0.1, 0.15) is 5.82 Å². The van der Waals surface area contributed by atoms with Crippen molar-refractivity contribution in [2.75, 3.05) is 11.9 Å². The second kappa shape index (κ2) is 4.29. The summed E-state index contributed by atoms with van der Waals surface area (Å²) in [6.45, 7) is 0.838. The molecule has 0 atom stereocenters. The van der Waals surface area contributed by atoms with Crippen LogP contribution in [-0.4, -0.2) is 25.9 Å². The van der Waals surface area contributed by atoms with Gasteiger partial charge in [0.1, 0.15) is 17.3 Å². The molecule has 0 aliphatic rings. The van der Waals surface area contributed by atoms with Gasteiger partial charge in [0.25, 0.3) is 0 Å². The van der Waals surface area contributed by atoms with Gasteiger partial charge in [-0.25, -0.2) is 9.97 Å². The highest BCUT2D eigenvalue weighted by Crippen LogP contribution is 2.10. The zero-order chi connectivity index (χ0) is 11.5. The number of aromatic nitrogens is 4. The Labute approximate surface area is 98.5 Å². The summed E-state index contributed by atoms with van der Waals surface area (Å²) in [4.78, 5) is 11.5. The molecule has 3 aromatic heterocycles. The van der Waals surface area contributed by atoms with Crippen molar-refractivity contribution in [1.82, 2.24) is 19.4 Å².